The summed E-state index contributed by atoms with van der Waals surface area (Å²) in [6.45, 7) is 1.44. The molecule has 8 heteroatoms. The number of nitrogens with zero attached hydrogens (tertiary/aromatic N) is 2. The molecule has 0 aromatic carbocycles. The van der Waals surface area contributed by atoms with Gasteiger partial charge < -0.3 is 20.5 Å². The number of hydrogen-bond donors (Lipinski definition) is 2. The summed E-state index contributed by atoms with van der Waals surface area (Å²) in [5.74, 6) is 0.434. The summed E-state index contributed by atoms with van der Waals surface area (Å²) in [4.78, 5) is 19.3. The summed E-state index contributed by atoms with van der Waals surface area (Å²) in [5.41, 5.74) is 6.36. The molecule has 0 bridgehead atoms. The van der Waals surface area contributed by atoms with E-state index in [4.69, 9.17) is 26.8 Å². The van der Waals surface area contributed by atoms with Gasteiger partial charge in [-0.05, 0) is 11.6 Å². The minimum Gasteiger partial charge on any atom is -0.475 e. The molecule has 7 nitrogen and oxygen atoms in total. The molecular weight excluding hydrogens is 320 g/mol. The number of nitrogens with two attached hydrogens (primary N) is 1. The quantitative estimate of drug-likeness (QED) is 0.714. The molecule has 0 spiro atoms. The van der Waals surface area contributed by atoms with Crippen LogP contribution >= 0.6 is 11.6 Å². The van der Waals surface area contributed by atoms with Gasteiger partial charge in [-0.2, -0.15) is 0 Å². The summed E-state index contributed by atoms with van der Waals surface area (Å²) >= 11 is 6.06. The number of hydrogen-bond acceptors (Lipinski definition) is 6. The van der Waals surface area contributed by atoms with Crippen LogP contribution in [0.5, 0.6) is 5.88 Å². The van der Waals surface area contributed by atoms with E-state index in [-0.39, 0.29) is 5.56 Å². The van der Waals surface area contributed by atoms with E-state index in [9.17, 15) is 4.79 Å². The third-order valence-electron chi connectivity index (χ3n) is 2.92. The molecule has 0 saturated heterocycles. The van der Waals surface area contributed by atoms with Crippen molar-refractivity contribution in [1.82, 2.24) is 9.97 Å². The van der Waals surface area contributed by atoms with Gasteiger partial charge in [0, 0.05) is 32.1 Å². The highest BCUT2D eigenvalue weighted by molar-refractivity contribution is 6.33. The normalized spacial score (nSPS) is 10.3. The number of carbonyl (C=O) groups is 1. The SMILES string of the molecule is COCCOc1ccc(CNc2ncc(C(N)=O)cc2Cl)cn1. The van der Waals surface area contributed by atoms with E-state index < -0.39 is 5.91 Å². The molecule has 3 N–H and O–H groups in total. The average Bonchev–Trinajstić information content (AvgIpc) is 2.55. The second-order valence-corrected chi connectivity index (χ2v) is 5.03. The number of ether oxygens (including phenoxy) is 2. The first-order valence-corrected chi connectivity index (χ1v) is 7.24. The molecule has 0 fully saturated rings. The van der Waals surface area contributed by atoms with Gasteiger partial charge in [0.25, 0.3) is 0 Å². The van der Waals surface area contributed by atoms with Crippen molar-refractivity contribution in [3.63, 3.8) is 0 Å². The Morgan fingerprint density at radius 3 is 2.74 bits per heavy atom. The molecule has 2 rings (SSSR count). The molecule has 1 amide bonds. The Kier molecular flexibility index (Phi) is 6.13. The van der Waals surface area contributed by atoms with Gasteiger partial charge in [0.15, 0.2) is 0 Å². The van der Waals surface area contributed by atoms with E-state index in [1.54, 1.807) is 19.4 Å². The van der Waals surface area contributed by atoms with Crippen molar-refractivity contribution in [1.29, 1.82) is 0 Å². The van der Waals surface area contributed by atoms with Gasteiger partial charge >= 0.3 is 0 Å². The third kappa shape index (κ3) is 5.08. The number of amides is 1. The van der Waals surface area contributed by atoms with Gasteiger partial charge in [-0.15, -0.1) is 0 Å². The van der Waals surface area contributed by atoms with Crippen LogP contribution in [0.15, 0.2) is 30.6 Å². The van der Waals surface area contributed by atoms with Crippen LogP contribution in [0.1, 0.15) is 15.9 Å². The van der Waals surface area contributed by atoms with E-state index in [1.165, 1.54) is 12.3 Å². The predicted octanol–water partition coefficient (Wildman–Crippen LogP) is 1.87. The van der Waals surface area contributed by atoms with Gasteiger partial charge in [0.1, 0.15) is 12.4 Å². The lowest BCUT2D eigenvalue weighted by atomic mass is 10.2. The van der Waals surface area contributed by atoms with Crippen molar-refractivity contribution in [3.8, 4) is 5.88 Å². The Morgan fingerprint density at radius 2 is 2.13 bits per heavy atom. The second kappa shape index (κ2) is 8.30. The van der Waals surface area contributed by atoms with Crippen molar-refractivity contribution in [3.05, 3.63) is 46.7 Å². The maximum absolute atomic E-state index is 11.0. The lowest BCUT2D eigenvalue weighted by Crippen LogP contribution is -2.12. The van der Waals surface area contributed by atoms with Crippen LogP contribution in [-0.2, 0) is 11.3 Å². The fraction of sp³-hybridized carbons (Fsp3) is 0.267. The number of carbonyl (C=O) groups excluding carboxylic acids is 1. The molecule has 0 aliphatic heterocycles. The number of anilines is 1. The molecule has 23 heavy (non-hydrogen) atoms. The molecule has 0 aliphatic carbocycles. The van der Waals surface area contributed by atoms with E-state index in [2.05, 4.69) is 15.3 Å². The Hall–Kier alpha value is -2.38. The lowest BCUT2D eigenvalue weighted by Gasteiger charge is -2.09. The molecule has 2 heterocycles. The fourth-order valence-electron chi connectivity index (χ4n) is 1.72. The van der Waals surface area contributed by atoms with Crippen LogP contribution in [0.2, 0.25) is 5.02 Å². The average molecular weight is 337 g/mol. The van der Waals surface area contributed by atoms with Gasteiger partial charge in [-0.1, -0.05) is 17.7 Å². The molecular formula is C15H17ClN4O3. The molecule has 2 aromatic heterocycles. The number of pyridine rings is 2. The molecule has 0 saturated carbocycles. The predicted molar refractivity (Wildman–Crippen MR) is 86.7 cm³/mol. The highest BCUT2D eigenvalue weighted by Gasteiger charge is 2.07. The molecule has 0 unspecified atom stereocenters. The summed E-state index contributed by atoms with van der Waals surface area (Å²) in [5, 5.41) is 3.40. The Morgan fingerprint density at radius 1 is 1.30 bits per heavy atom. The first kappa shape index (κ1) is 17.0. The standard InChI is InChI=1S/C15H17ClN4O3/c1-22-4-5-23-13-3-2-10(7-18-13)8-19-15-12(16)6-11(9-20-15)14(17)21/h2-3,6-7,9H,4-5,8H2,1H3,(H2,17,21)(H,19,20). The fourth-order valence-corrected chi connectivity index (χ4v) is 1.95. The van der Waals surface area contributed by atoms with E-state index in [0.29, 0.717) is 36.5 Å². The highest BCUT2D eigenvalue weighted by atomic mass is 35.5. The van der Waals surface area contributed by atoms with E-state index in [0.717, 1.165) is 5.56 Å². The minimum atomic E-state index is -0.570. The summed E-state index contributed by atoms with van der Waals surface area (Å²) in [6, 6.07) is 5.13. The lowest BCUT2D eigenvalue weighted by molar-refractivity contribution is 0.1000. The smallest absolute Gasteiger partial charge is 0.250 e. The number of nitrogens with one attached hydrogen (secondary N) is 1. The Balaban J connectivity index is 1.92. The highest BCUT2D eigenvalue weighted by Crippen LogP contribution is 2.20. The Bertz CT molecular complexity index is 664. The molecule has 122 valence electrons. The molecule has 0 aliphatic rings. The topological polar surface area (TPSA) is 99.4 Å². The van der Waals surface area contributed by atoms with E-state index >= 15 is 0 Å². The van der Waals surface area contributed by atoms with Crippen LogP contribution in [0.4, 0.5) is 5.82 Å². The van der Waals surface area contributed by atoms with E-state index in [1.807, 2.05) is 6.07 Å². The van der Waals surface area contributed by atoms with Crippen molar-refractivity contribution in [2.45, 2.75) is 6.54 Å². The summed E-state index contributed by atoms with van der Waals surface area (Å²) < 4.78 is 10.3. The van der Waals surface area contributed by atoms with Crippen molar-refractivity contribution in [2.24, 2.45) is 5.73 Å². The second-order valence-electron chi connectivity index (χ2n) is 4.62. The van der Waals surface area contributed by atoms with Crippen LogP contribution in [0.25, 0.3) is 0 Å². The summed E-state index contributed by atoms with van der Waals surface area (Å²) in [7, 11) is 1.61. The number of primary amides is 1. The van der Waals surface area contributed by atoms with Crippen molar-refractivity contribution in [2.75, 3.05) is 25.6 Å². The first-order chi connectivity index (χ1) is 11.1. The van der Waals surface area contributed by atoms with Gasteiger partial charge in [-0.3, -0.25) is 4.79 Å². The van der Waals surface area contributed by atoms with Gasteiger partial charge in [0.2, 0.25) is 11.8 Å². The van der Waals surface area contributed by atoms with Gasteiger partial charge in [-0.25, -0.2) is 9.97 Å². The first-order valence-electron chi connectivity index (χ1n) is 6.86. The van der Waals surface area contributed by atoms with Crippen LogP contribution in [-0.4, -0.2) is 36.2 Å². The molecule has 0 radical (unpaired) electrons. The number of methoxy groups -OCH3 is 1. The van der Waals surface area contributed by atoms with Crippen LogP contribution in [0, 0.1) is 0 Å². The largest absolute Gasteiger partial charge is 0.475 e. The number of aromatic nitrogens is 2. The zero-order chi connectivity index (χ0) is 16.7. The third-order valence-corrected chi connectivity index (χ3v) is 3.21. The maximum atomic E-state index is 11.0. The molecule has 2 aromatic rings. The number of rotatable bonds is 8. The van der Waals surface area contributed by atoms with Crippen LogP contribution in [0.3, 0.4) is 0 Å². The monoisotopic (exact) mass is 336 g/mol. The number of halogens is 1. The van der Waals surface area contributed by atoms with Gasteiger partial charge in [0.05, 0.1) is 17.2 Å². The van der Waals surface area contributed by atoms with Crippen LogP contribution < -0.4 is 15.8 Å². The Labute approximate surface area is 138 Å². The summed E-state index contributed by atoms with van der Waals surface area (Å²) in [6.07, 6.45) is 3.07. The molecule has 0 atom stereocenters. The zero-order valence-corrected chi connectivity index (χ0v) is 13.3. The van der Waals surface area contributed by atoms with Crippen molar-refractivity contribution >= 4 is 23.3 Å². The zero-order valence-electron chi connectivity index (χ0n) is 12.6. The minimum absolute atomic E-state index is 0.264. The van der Waals surface area contributed by atoms with Crippen molar-refractivity contribution < 1.29 is 14.3 Å². The maximum Gasteiger partial charge on any atom is 0.250 e.